The van der Waals surface area contributed by atoms with Gasteiger partial charge in [-0.1, -0.05) is 6.07 Å². The largest absolute Gasteiger partial charge is 0.493 e. The van der Waals surface area contributed by atoms with Crippen LogP contribution in [0.2, 0.25) is 0 Å². The van der Waals surface area contributed by atoms with Gasteiger partial charge in [-0.15, -0.1) is 0 Å². The van der Waals surface area contributed by atoms with Crippen LogP contribution in [-0.2, 0) is 6.54 Å². The molecule has 0 aliphatic rings. The summed E-state index contributed by atoms with van der Waals surface area (Å²) in [7, 11) is 8.77. The molecule has 0 heterocycles. The maximum atomic E-state index is 13.8. The predicted molar refractivity (Wildman–Crippen MR) is 111 cm³/mol. The molecule has 0 aliphatic carbocycles. The second-order valence-electron chi connectivity index (χ2n) is 6.64. The molecule has 0 fully saturated rings. The number of guanidine groups is 1. The molecule has 0 spiro atoms. The lowest BCUT2D eigenvalue weighted by atomic mass is 10.1. The fourth-order valence-electron chi connectivity index (χ4n) is 2.93. The quantitative estimate of drug-likeness (QED) is 0.522. The number of likely N-dealkylation sites (N-methyl/N-ethyl adjacent to an activating group) is 1. The number of hydrogen-bond acceptors (Lipinski definition) is 4. The van der Waals surface area contributed by atoms with Crippen molar-refractivity contribution in [3.05, 3.63) is 59.2 Å². The molecule has 2 N–H and O–H groups in total. The zero-order valence-corrected chi connectivity index (χ0v) is 17.4. The Balaban J connectivity index is 2.06. The first-order valence-corrected chi connectivity index (χ1v) is 9.16. The molecule has 0 radical (unpaired) electrons. The number of methoxy groups -OCH3 is 2. The number of benzene rings is 2. The first-order valence-electron chi connectivity index (χ1n) is 9.16. The number of rotatable bonds is 8. The highest BCUT2D eigenvalue weighted by molar-refractivity contribution is 5.79. The highest BCUT2D eigenvalue weighted by Crippen LogP contribution is 2.31. The van der Waals surface area contributed by atoms with E-state index < -0.39 is 11.6 Å². The summed E-state index contributed by atoms with van der Waals surface area (Å²) < 4.78 is 37.8. The van der Waals surface area contributed by atoms with Crippen molar-refractivity contribution in [1.82, 2.24) is 15.5 Å². The van der Waals surface area contributed by atoms with Crippen molar-refractivity contribution in [3.8, 4) is 11.5 Å². The predicted octanol–water partition coefficient (Wildman–Crippen LogP) is 2.95. The van der Waals surface area contributed by atoms with Crippen LogP contribution >= 0.6 is 0 Å². The Bertz CT molecular complexity index is 843. The van der Waals surface area contributed by atoms with Crippen LogP contribution in [0, 0.1) is 11.6 Å². The fourth-order valence-corrected chi connectivity index (χ4v) is 2.93. The van der Waals surface area contributed by atoms with Gasteiger partial charge in [-0.05, 0) is 50.0 Å². The van der Waals surface area contributed by atoms with Gasteiger partial charge in [0.25, 0.3) is 0 Å². The van der Waals surface area contributed by atoms with Gasteiger partial charge in [0.1, 0.15) is 11.6 Å². The number of nitrogens with one attached hydrogen (secondary N) is 2. The van der Waals surface area contributed by atoms with Gasteiger partial charge in [0.15, 0.2) is 17.5 Å². The SMILES string of the molecule is CN=C(NCc1cc(F)ccc1F)NCC(c1ccc(OC)c(OC)c1)N(C)C. The summed E-state index contributed by atoms with van der Waals surface area (Å²) >= 11 is 0. The Morgan fingerprint density at radius 1 is 1.03 bits per heavy atom. The van der Waals surface area contributed by atoms with E-state index in [0.717, 1.165) is 17.7 Å². The van der Waals surface area contributed by atoms with E-state index in [1.54, 1.807) is 21.3 Å². The molecule has 1 atom stereocenters. The molecule has 6 nitrogen and oxygen atoms in total. The maximum Gasteiger partial charge on any atom is 0.191 e. The third kappa shape index (κ3) is 6.05. The van der Waals surface area contributed by atoms with Crippen molar-refractivity contribution in [1.29, 1.82) is 0 Å². The molecule has 0 aromatic heterocycles. The summed E-state index contributed by atoms with van der Waals surface area (Å²) in [5.41, 5.74) is 1.27. The molecule has 29 heavy (non-hydrogen) atoms. The minimum absolute atomic E-state index is 0.0132. The lowest BCUT2D eigenvalue weighted by molar-refractivity contribution is 0.295. The van der Waals surface area contributed by atoms with Crippen LogP contribution in [0.4, 0.5) is 8.78 Å². The summed E-state index contributed by atoms with van der Waals surface area (Å²) in [5, 5.41) is 6.24. The zero-order chi connectivity index (χ0) is 21.4. The summed E-state index contributed by atoms with van der Waals surface area (Å²) in [6.45, 7) is 0.653. The smallest absolute Gasteiger partial charge is 0.191 e. The van der Waals surface area contributed by atoms with Gasteiger partial charge >= 0.3 is 0 Å². The van der Waals surface area contributed by atoms with Gasteiger partial charge in [0, 0.05) is 25.7 Å². The molecular weight excluding hydrogens is 378 g/mol. The fraction of sp³-hybridized carbons (Fsp3) is 0.381. The normalized spacial score (nSPS) is 12.6. The van der Waals surface area contributed by atoms with Crippen molar-refractivity contribution in [2.24, 2.45) is 4.99 Å². The Morgan fingerprint density at radius 3 is 2.38 bits per heavy atom. The van der Waals surface area contributed by atoms with Crippen molar-refractivity contribution < 1.29 is 18.3 Å². The summed E-state index contributed by atoms with van der Waals surface area (Å²) in [4.78, 5) is 6.22. The monoisotopic (exact) mass is 406 g/mol. The maximum absolute atomic E-state index is 13.8. The van der Waals surface area contributed by atoms with Crippen molar-refractivity contribution in [3.63, 3.8) is 0 Å². The molecule has 2 rings (SSSR count). The van der Waals surface area contributed by atoms with E-state index in [-0.39, 0.29) is 18.2 Å². The van der Waals surface area contributed by atoms with Crippen LogP contribution in [0.3, 0.4) is 0 Å². The van der Waals surface area contributed by atoms with E-state index in [1.165, 1.54) is 6.07 Å². The summed E-state index contributed by atoms with van der Waals surface area (Å²) in [5.74, 6) is 0.858. The van der Waals surface area contributed by atoms with E-state index >= 15 is 0 Å². The lowest BCUT2D eigenvalue weighted by Crippen LogP contribution is -2.41. The van der Waals surface area contributed by atoms with Crippen molar-refractivity contribution >= 4 is 5.96 Å². The Hall–Kier alpha value is -2.87. The number of aliphatic imine (C=N–C) groups is 1. The van der Waals surface area contributed by atoms with Crippen LogP contribution < -0.4 is 20.1 Å². The third-order valence-electron chi connectivity index (χ3n) is 4.56. The molecule has 0 bridgehead atoms. The summed E-state index contributed by atoms with van der Waals surface area (Å²) in [6.07, 6.45) is 0. The first-order chi connectivity index (χ1) is 13.9. The Morgan fingerprint density at radius 2 is 1.76 bits per heavy atom. The van der Waals surface area contributed by atoms with Crippen LogP contribution in [-0.4, -0.2) is 52.8 Å². The first kappa shape index (κ1) is 22.4. The van der Waals surface area contributed by atoms with Gasteiger partial charge in [-0.2, -0.15) is 0 Å². The minimum Gasteiger partial charge on any atom is -0.493 e. The van der Waals surface area contributed by atoms with Gasteiger partial charge < -0.3 is 25.0 Å². The van der Waals surface area contributed by atoms with Gasteiger partial charge in [0.05, 0.1) is 20.3 Å². The van der Waals surface area contributed by atoms with E-state index in [2.05, 4.69) is 20.5 Å². The van der Waals surface area contributed by atoms with Crippen LogP contribution in [0.1, 0.15) is 17.2 Å². The number of halogens is 2. The molecule has 1 unspecified atom stereocenters. The topological polar surface area (TPSA) is 58.1 Å². The van der Waals surface area contributed by atoms with Gasteiger partial charge in [0.2, 0.25) is 0 Å². The molecule has 8 heteroatoms. The minimum atomic E-state index is -0.479. The van der Waals surface area contributed by atoms with Crippen molar-refractivity contribution in [2.75, 3.05) is 41.9 Å². The average molecular weight is 406 g/mol. The molecule has 0 saturated carbocycles. The zero-order valence-electron chi connectivity index (χ0n) is 17.4. The highest BCUT2D eigenvalue weighted by Gasteiger charge is 2.17. The lowest BCUT2D eigenvalue weighted by Gasteiger charge is -2.26. The molecule has 2 aromatic carbocycles. The number of nitrogens with zero attached hydrogens (tertiary/aromatic N) is 2. The van der Waals surface area contributed by atoms with Crippen molar-refractivity contribution in [2.45, 2.75) is 12.6 Å². The van der Waals surface area contributed by atoms with E-state index in [1.807, 2.05) is 32.3 Å². The van der Waals surface area contributed by atoms with E-state index in [0.29, 0.717) is 24.0 Å². The summed E-state index contributed by atoms with van der Waals surface area (Å²) in [6, 6.07) is 9.17. The molecular formula is C21H28F2N4O2. The molecule has 0 saturated heterocycles. The number of hydrogen-bond donors (Lipinski definition) is 2. The number of ether oxygens (including phenoxy) is 2. The highest BCUT2D eigenvalue weighted by atomic mass is 19.1. The second kappa shape index (κ2) is 10.6. The van der Waals surface area contributed by atoms with Crippen LogP contribution in [0.15, 0.2) is 41.4 Å². The molecule has 0 amide bonds. The van der Waals surface area contributed by atoms with Crippen LogP contribution in [0.25, 0.3) is 0 Å². The standard InChI is InChI=1S/C21H28F2N4O2/c1-24-21(25-12-15-10-16(22)7-8-17(15)23)26-13-18(27(2)3)14-6-9-19(28-4)20(11-14)29-5/h6-11,18H,12-13H2,1-5H3,(H2,24,25,26). The Kier molecular flexibility index (Phi) is 8.21. The van der Waals surface area contributed by atoms with E-state index in [9.17, 15) is 8.78 Å². The van der Waals surface area contributed by atoms with Gasteiger partial charge in [-0.3, -0.25) is 4.99 Å². The molecule has 0 aliphatic heterocycles. The molecule has 158 valence electrons. The van der Waals surface area contributed by atoms with E-state index in [4.69, 9.17) is 9.47 Å². The third-order valence-corrected chi connectivity index (χ3v) is 4.56. The van der Waals surface area contributed by atoms with Gasteiger partial charge in [-0.25, -0.2) is 8.78 Å². The second-order valence-corrected chi connectivity index (χ2v) is 6.64. The average Bonchev–Trinajstić information content (AvgIpc) is 2.72. The molecule has 2 aromatic rings. The Labute approximate surface area is 170 Å². The van der Waals surface area contributed by atoms with Crippen LogP contribution in [0.5, 0.6) is 11.5 Å².